The van der Waals surface area contributed by atoms with Crippen LogP contribution in [0.5, 0.6) is 0 Å². The average molecular weight is 552 g/mol. The van der Waals surface area contributed by atoms with Gasteiger partial charge in [0.25, 0.3) is 5.91 Å². The lowest BCUT2D eigenvalue weighted by Gasteiger charge is -2.31. The van der Waals surface area contributed by atoms with E-state index >= 15 is 0 Å². The highest BCUT2D eigenvalue weighted by atomic mass is 16.6. The Kier molecular flexibility index (Phi) is 7.62. The van der Waals surface area contributed by atoms with Crippen molar-refractivity contribution in [3.8, 4) is 0 Å². The summed E-state index contributed by atoms with van der Waals surface area (Å²) in [6.45, 7) is 4.73. The lowest BCUT2D eigenvalue weighted by Crippen LogP contribution is -2.38. The van der Waals surface area contributed by atoms with Crippen LogP contribution in [0.4, 0.5) is 16.4 Å². The van der Waals surface area contributed by atoms with Crippen LogP contribution in [-0.2, 0) is 4.74 Å². The first-order chi connectivity index (χ1) is 20.1. The van der Waals surface area contributed by atoms with E-state index in [2.05, 4.69) is 21.5 Å². The number of rotatable bonds is 6. The number of likely N-dealkylation sites (tertiary alicyclic amines) is 1. The topological polar surface area (TPSA) is 105 Å². The summed E-state index contributed by atoms with van der Waals surface area (Å²) in [6.07, 6.45) is 8.02. The largest absolute Gasteiger partial charge is 0.450 e. The first-order valence-electron chi connectivity index (χ1n) is 14.1. The molecular formula is C31H33N7O3. The number of anilines is 2. The zero-order valence-electron chi connectivity index (χ0n) is 23.1. The summed E-state index contributed by atoms with van der Waals surface area (Å²) in [4.78, 5) is 38.0. The smallest absolute Gasteiger partial charge is 0.410 e. The number of amides is 2. The molecule has 1 fully saturated rings. The van der Waals surface area contributed by atoms with E-state index in [1.165, 1.54) is 0 Å². The molecule has 6 rings (SSSR count). The van der Waals surface area contributed by atoms with Crippen molar-refractivity contribution in [2.45, 2.75) is 32.1 Å². The molecule has 1 aromatic carbocycles. The standard InChI is InChI=1S/C31H33N7O3/c1-2-41-31(40)37-20-12-22(13-21-37)26-6-5-17-38-28(26)34-30(35-38)33-25-10-8-24(9-11-25)29(39)36-18-14-23(15-19-36)27-7-3-4-16-32-27/h3-12,16-17,23H,2,13-15,18-21H2,1H3,(H,33,35). The molecule has 1 saturated heterocycles. The van der Waals surface area contributed by atoms with Crippen LogP contribution in [0.2, 0.25) is 0 Å². The SMILES string of the molecule is CCOC(=O)N1CC=C(c2cccn3nc(Nc4ccc(C(=O)N5CCC(c6ccccn6)CC5)cc4)nc23)CC1. The van der Waals surface area contributed by atoms with Crippen molar-refractivity contribution in [2.24, 2.45) is 0 Å². The molecule has 4 aromatic rings. The van der Waals surface area contributed by atoms with Crippen LogP contribution < -0.4 is 5.32 Å². The third-order valence-corrected chi connectivity index (χ3v) is 7.72. The molecule has 2 amide bonds. The molecule has 10 heteroatoms. The van der Waals surface area contributed by atoms with Gasteiger partial charge >= 0.3 is 6.09 Å². The molecule has 2 aliphatic heterocycles. The van der Waals surface area contributed by atoms with Crippen molar-refractivity contribution in [1.82, 2.24) is 29.4 Å². The molecule has 0 radical (unpaired) electrons. The molecule has 1 N–H and O–H groups in total. The lowest BCUT2D eigenvalue weighted by molar-refractivity contribution is 0.0712. The van der Waals surface area contributed by atoms with Gasteiger partial charge in [0.15, 0.2) is 5.65 Å². The van der Waals surface area contributed by atoms with E-state index in [1.54, 1.807) is 9.42 Å². The van der Waals surface area contributed by atoms with Gasteiger partial charge in [0, 0.05) is 67.0 Å². The summed E-state index contributed by atoms with van der Waals surface area (Å²) in [6, 6.07) is 17.5. The Balaban J connectivity index is 1.09. The number of hydrogen-bond donors (Lipinski definition) is 1. The first-order valence-corrected chi connectivity index (χ1v) is 14.1. The Morgan fingerprint density at radius 2 is 1.83 bits per heavy atom. The van der Waals surface area contributed by atoms with E-state index < -0.39 is 0 Å². The fraction of sp³-hybridized carbons (Fsp3) is 0.323. The maximum atomic E-state index is 13.1. The first kappa shape index (κ1) is 26.5. The molecule has 10 nitrogen and oxygen atoms in total. The van der Waals surface area contributed by atoms with Crippen molar-refractivity contribution in [3.63, 3.8) is 0 Å². The summed E-state index contributed by atoms with van der Waals surface area (Å²) in [5, 5.41) is 7.86. The van der Waals surface area contributed by atoms with Gasteiger partial charge in [0.05, 0.1) is 6.61 Å². The maximum Gasteiger partial charge on any atom is 0.410 e. The fourth-order valence-corrected chi connectivity index (χ4v) is 5.51. The predicted octanol–water partition coefficient (Wildman–Crippen LogP) is 5.13. The zero-order chi connectivity index (χ0) is 28.2. The van der Waals surface area contributed by atoms with Crippen LogP contribution in [0.1, 0.15) is 53.7 Å². The number of aromatic nitrogens is 4. The fourth-order valence-electron chi connectivity index (χ4n) is 5.51. The van der Waals surface area contributed by atoms with Crippen LogP contribution in [0.25, 0.3) is 11.2 Å². The number of benzene rings is 1. The number of pyridine rings is 2. The van der Waals surface area contributed by atoms with Gasteiger partial charge in [-0.3, -0.25) is 9.78 Å². The number of fused-ring (bicyclic) bond motifs is 1. The second-order valence-electron chi connectivity index (χ2n) is 10.3. The summed E-state index contributed by atoms with van der Waals surface area (Å²) in [5.41, 5.74) is 5.44. The average Bonchev–Trinajstić information content (AvgIpc) is 3.44. The number of piperidine rings is 1. The Labute approximate surface area is 238 Å². The Morgan fingerprint density at radius 1 is 1.00 bits per heavy atom. The van der Waals surface area contributed by atoms with Gasteiger partial charge in [-0.2, -0.15) is 4.98 Å². The number of nitrogens with one attached hydrogen (secondary N) is 1. The van der Waals surface area contributed by atoms with Gasteiger partial charge in [-0.25, -0.2) is 9.31 Å². The number of carbonyl (C=O) groups excluding carboxylic acids is 2. The molecule has 0 spiro atoms. The van der Waals surface area contributed by atoms with Gasteiger partial charge in [0.1, 0.15) is 0 Å². The van der Waals surface area contributed by atoms with Crippen LogP contribution >= 0.6 is 0 Å². The summed E-state index contributed by atoms with van der Waals surface area (Å²) in [5.74, 6) is 0.922. The van der Waals surface area contributed by atoms with Crippen LogP contribution in [0.3, 0.4) is 0 Å². The van der Waals surface area contributed by atoms with E-state index in [0.717, 1.165) is 54.1 Å². The summed E-state index contributed by atoms with van der Waals surface area (Å²) < 4.78 is 6.88. The molecule has 0 aliphatic carbocycles. The van der Waals surface area contributed by atoms with Gasteiger partial charge in [0.2, 0.25) is 5.95 Å². The number of ether oxygens (including phenoxy) is 1. The number of hydrogen-bond acceptors (Lipinski definition) is 7. The molecule has 5 heterocycles. The molecule has 41 heavy (non-hydrogen) atoms. The minimum absolute atomic E-state index is 0.0498. The van der Waals surface area contributed by atoms with Gasteiger partial charge in [-0.05, 0) is 80.3 Å². The molecule has 0 bridgehead atoms. The Morgan fingerprint density at radius 3 is 2.54 bits per heavy atom. The summed E-state index contributed by atoms with van der Waals surface area (Å²) in [7, 11) is 0. The quantitative estimate of drug-likeness (QED) is 0.354. The predicted molar refractivity (Wildman–Crippen MR) is 156 cm³/mol. The minimum atomic E-state index is -0.284. The van der Waals surface area contributed by atoms with Gasteiger partial charge in [-0.15, -0.1) is 5.10 Å². The Bertz CT molecular complexity index is 1560. The molecular weight excluding hydrogens is 518 g/mol. The summed E-state index contributed by atoms with van der Waals surface area (Å²) >= 11 is 0. The van der Waals surface area contributed by atoms with E-state index in [0.29, 0.717) is 43.5 Å². The van der Waals surface area contributed by atoms with Crippen molar-refractivity contribution in [1.29, 1.82) is 0 Å². The van der Waals surface area contributed by atoms with E-state index in [9.17, 15) is 9.59 Å². The van der Waals surface area contributed by atoms with Crippen LogP contribution in [0, 0.1) is 0 Å². The Hall–Kier alpha value is -4.73. The molecule has 210 valence electrons. The second-order valence-corrected chi connectivity index (χ2v) is 10.3. The van der Waals surface area contributed by atoms with Crippen molar-refractivity contribution in [3.05, 3.63) is 89.9 Å². The van der Waals surface area contributed by atoms with E-state index in [1.807, 2.05) is 78.8 Å². The monoisotopic (exact) mass is 551 g/mol. The second kappa shape index (κ2) is 11.8. The lowest BCUT2D eigenvalue weighted by atomic mass is 9.92. The molecule has 0 saturated carbocycles. The van der Waals surface area contributed by atoms with Crippen molar-refractivity contribution >= 4 is 34.9 Å². The number of nitrogens with zero attached hydrogens (tertiary/aromatic N) is 6. The highest BCUT2D eigenvalue weighted by Gasteiger charge is 2.25. The van der Waals surface area contributed by atoms with E-state index in [4.69, 9.17) is 9.72 Å². The van der Waals surface area contributed by atoms with Crippen molar-refractivity contribution < 1.29 is 14.3 Å². The number of carbonyl (C=O) groups is 2. The normalized spacial score (nSPS) is 16.0. The third kappa shape index (κ3) is 5.77. The van der Waals surface area contributed by atoms with Crippen molar-refractivity contribution in [2.75, 3.05) is 38.1 Å². The zero-order valence-corrected chi connectivity index (χ0v) is 23.1. The van der Waals surface area contributed by atoms with Gasteiger partial charge < -0.3 is 19.9 Å². The molecule has 0 atom stereocenters. The maximum absolute atomic E-state index is 13.1. The highest BCUT2D eigenvalue weighted by molar-refractivity contribution is 5.94. The molecule has 0 unspecified atom stereocenters. The minimum Gasteiger partial charge on any atom is -0.450 e. The van der Waals surface area contributed by atoms with Gasteiger partial charge in [-0.1, -0.05) is 12.1 Å². The molecule has 2 aliphatic rings. The third-order valence-electron chi connectivity index (χ3n) is 7.72. The van der Waals surface area contributed by atoms with Crippen LogP contribution in [0.15, 0.2) is 73.1 Å². The highest BCUT2D eigenvalue weighted by Crippen LogP contribution is 2.28. The molecule has 3 aromatic heterocycles. The van der Waals surface area contributed by atoms with Crippen LogP contribution in [-0.4, -0.2) is 74.2 Å². The van der Waals surface area contributed by atoms with E-state index in [-0.39, 0.29) is 12.0 Å².